The third-order valence-corrected chi connectivity index (χ3v) is 5.12. The van der Waals surface area contributed by atoms with Crippen molar-refractivity contribution in [1.29, 1.82) is 0 Å². The van der Waals surface area contributed by atoms with Gasteiger partial charge in [-0.3, -0.25) is 4.79 Å². The molecule has 0 radical (unpaired) electrons. The van der Waals surface area contributed by atoms with E-state index in [4.69, 9.17) is 15.2 Å². The second kappa shape index (κ2) is 9.32. The second-order valence-corrected chi connectivity index (χ2v) is 7.24. The predicted octanol–water partition coefficient (Wildman–Crippen LogP) is 4.34. The first-order chi connectivity index (χ1) is 13.6. The maximum absolute atomic E-state index is 11.6. The van der Waals surface area contributed by atoms with Gasteiger partial charge < -0.3 is 15.2 Å². The van der Waals surface area contributed by atoms with E-state index in [1.807, 2.05) is 49.4 Å². The molecule has 3 rings (SSSR count). The van der Waals surface area contributed by atoms with Crippen LogP contribution in [0.2, 0.25) is 0 Å². The molecule has 2 N–H and O–H groups in total. The highest BCUT2D eigenvalue weighted by molar-refractivity contribution is 5.75. The Kier molecular flexibility index (Phi) is 6.60. The zero-order chi connectivity index (χ0) is 19.9. The zero-order valence-electron chi connectivity index (χ0n) is 16.5. The number of amides is 1. The Labute approximate surface area is 167 Å². The molecule has 1 saturated carbocycles. The SMILES string of the molecule is COc1ccc(C(C#Cc2ccccc2C)CC(N)=O)cc1OC1CCCC1. The summed E-state index contributed by atoms with van der Waals surface area (Å²) in [5, 5.41) is 0. The van der Waals surface area contributed by atoms with E-state index in [0.717, 1.165) is 29.5 Å². The topological polar surface area (TPSA) is 61.5 Å². The highest BCUT2D eigenvalue weighted by Crippen LogP contribution is 2.35. The van der Waals surface area contributed by atoms with E-state index in [2.05, 4.69) is 11.8 Å². The van der Waals surface area contributed by atoms with Crippen molar-refractivity contribution in [2.45, 2.75) is 51.0 Å². The molecule has 2 aromatic carbocycles. The van der Waals surface area contributed by atoms with Crippen LogP contribution in [0.5, 0.6) is 11.5 Å². The van der Waals surface area contributed by atoms with Crippen LogP contribution in [0, 0.1) is 18.8 Å². The van der Waals surface area contributed by atoms with Crippen molar-refractivity contribution < 1.29 is 14.3 Å². The van der Waals surface area contributed by atoms with Crippen LogP contribution >= 0.6 is 0 Å². The van der Waals surface area contributed by atoms with E-state index in [1.54, 1.807) is 7.11 Å². The molecule has 1 fully saturated rings. The van der Waals surface area contributed by atoms with Crippen LogP contribution in [-0.2, 0) is 4.79 Å². The van der Waals surface area contributed by atoms with Crippen LogP contribution in [0.4, 0.5) is 0 Å². The number of benzene rings is 2. The van der Waals surface area contributed by atoms with Crippen molar-refractivity contribution in [3.63, 3.8) is 0 Å². The van der Waals surface area contributed by atoms with E-state index >= 15 is 0 Å². The predicted molar refractivity (Wildman–Crippen MR) is 110 cm³/mol. The van der Waals surface area contributed by atoms with Gasteiger partial charge in [0.25, 0.3) is 0 Å². The molecule has 0 aliphatic heterocycles. The lowest BCUT2D eigenvalue weighted by molar-refractivity contribution is -0.118. The Morgan fingerprint density at radius 2 is 1.93 bits per heavy atom. The largest absolute Gasteiger partial charge is 0.493 e. The van der Waals surface area contributed by atoms with Gasteiger partial charge in [0.15, 0.2) is 11.5 Å². The summed E-state index contributed by atoms with van der Waals surface area (Å²) in [5.41, 5.74) is 8.46. The van der Waals surface area contributed by atoms with E-state index in [9.17, 15) is 4.79 Å². The molecule has 1 aliphatic carbocycles. The third-order valence-electron chi connectivity index (χ3n) is 5.12. The molecule has 2 aromatic rings. The summed E-state index contributed by atoms with van der Waals surface area (Å²) in [5.74, 6) is 7.17. The summed E-state index contributed by atoms with van der Waals surface area (Å²) in [6.45, 7) is 2.02. The lowest BCUT2D eigenvalue weighted by Gasteiger charge is -2.18. The molecule has 1 unspecified atom stereocenters. The molecule has 1 aliphatic rings. The Morgan fingerprint density at radius 3 is 2.61 bits per heavy atom. The van der Waals surface area contributed by atoms with E-state index in [-0.39, 0.29) is 24.3 Å². The molecular weight excluding hydrogens is 350 g/mol. The minimum Gasteiger partial charge on any atom is -0.493 e. The average molecular weight is 377 g/mol. The number of aryl methyl sites for hydroxylation is 1. The van der Waals surface area contributed by atoms with E-state index in [0.29, 0.717) is 11.5 Å². The van der Waals surface area contributed by atoms with Crippen molar-refractivity contribution in [3.05, 3.63) is 59.2 Å². The summed E-state index contributed by atoms with van der Waals surface area (Å²) in [4.78, 5) is 11.6. The van der Waals surface area contributed by atoms with Crippen LogP contribution < -0.4 is 15.2 Å². The Morgan fingerprint density at radius 1 is 1.18 bits per heavy atom. The number of ether oxygens (including phenoxy) is 2. The molecular formula is C24H27NO3. The summed E-state index contributed by atoms with van der Waals surface area (Å²) < 4.78 is 11.6. The highest BCUT2D eigenvalue weighted by Gasteiger charge is 2.20. The van der Waals surface area contributed by atoms with Crippen molar-refractivity contribution in [3.8, 4) is 23.3 Å². The number of hydrogen-bond acceptors (Lipinski definition) is 3. The Balaban J connectivity index is 1.91. The standard InChI is InChI=1S/C24H27NO3/c1-17-7-3-4-8-18(17)11-12-20(16-24(25)26)19-13-14-22(27-2)23(15-19)28-21-9-5-6-10-21/h3-4,7-8,13-15,20-21H,5-6,9-10,16H2,1-2H3,(H2,25,26). The second-order valence-electron chi connectivity index (χ2n) is 7.24. The van der Waals surface area contributed by atoms with Gasteiger partial charge in [0.05, 0.1) is 19.1 Å². The molecule has 4 nitrogen and oxygen atoms in total. The van der Waals surface area contributed by atoms with Crippen LogP contribution in [0.15, 0.2) is 42.5 Å². The van der Waals surface area contributed by atoms with Crippen LogP contribution in [-0.4, -0.2) is 19.1 Å². The van der Waals surface area contributed by atoms with Crippen molar-refractivity contribution in [1.82, 2.24) is 0 Å². The summed E-state index contributed by atoms with van der Waals surface area (Å²) in [7, 11) is 1.63. The Bertz CT molecular complexity index is 888. The molecule has 0 bridgehead atoms. The number of primary amides is 1. The van der Waals surface area contributed by atoms with E-state index in [1.165, 1.54) is 12.8 Å². The fraction of sp³-hybridized carbons (Fsp3) is 0.375. The summed E-state index contributed by atoms with van der Waals surface area (Å²) in [6, 6.07) is 13.7. The zero-order valence-corrected chi connectivity index (χ0v) is 16.5. The number of methoxy groups -OCH3 is 1. The number of hydrogen-bond donors (Lipinski definition) is 1. The maximum atomic E-state index is 11.6. The first-order valence-corrected chi connectivity index (χ1v) is 9.77. The minimum atomic E-state index is -0.377. The Hall–Kier alpha value is -2.93. The summed E-state index contributed by atoms with van der Waals surface area (Å²) >= 11 is 0. The van der Waals surface area contributed by atoms with Crippen molar-refractivity contribution in [2.75, 3.05) is 7.11 Å². The molecule has 0 spiro atoms. The van der Waals surface area contributed by atoms with Gasteiger partial charge in [-0.2, -0.15) is 0 Å². The quantitative estimate of drug-likeness (QED) is 0.762. The minimum absolute atomic E-state index is 0.161. The lowest BCUT2D eigenvalue weighted by atomic mass is 9.94. The fourth-order valence-electron chi connectivity index (χ4n) is 3.52. The lowest BCUT2D eigenvalue weighted by Crippen LogP contribution is -2.15. The normalized spacial score (nSPS) is 14.8. The molecule has 0 aromatic heterocycles. The van der Waals surface area contributed by atoms with Crippen LogP contribution in [0.25, 0.3) is 0 Å². The average Bonchev–Trinajstić information content (AvgIpc) is 3.19. The van der Waals surface area contributed by atoms with E-state index < -0.39 is 0 Å². The molecule has 4 heteroatoms. The van der Waals surface area contributed by atoms with Gasteiger partial charge in [-0.25, -0.2) is 0 Å². The maximum Gasteiger partial charge on any atom is 0.219 e. The molecule has 1 amide bonds. The first kappa shape index (κ1) is 19.8. The van der Waals surface area contributed by atoms with Gasteiger partial charge in [-0.15, -0.1) is 0 Å². The fourth-order valence-corrected chi connectivity index (χ4v) is 3.52. The highest BCUT2D eigenvalue weighted by atomic mass is 16.5. The van der Waals surface area contributed by atoms with Gasteiger partial charge in [0.1, 0.15) is 0 Å². The van der Waals surface area contributed by atoms with Crippen LogP contribution in [0.1, 0.15) is 54.7 Å². The van der Waals surface area contributed by atoms with Gasteiger partial charge in [0, 0.05) is 12.0 Å². The van der Waals surface area contributed by atoms with Gasteiger partial charge in [-0.1, -0.05) is 36.1 Å². The monoisotopic (exact) mass is 377 g/mol. The molecule has 146 valence electrons. The number of rotatable bonds is 6. The van der Waals surface area contributed by atoms with Gasteiger partial charge >= 0.3 is 0 Å². The first-order valence-electron chi connectivity index (χ1n) is 9.77. The third kappa shape index (κ3) is 5.07. The van der Waals surface area contributed by atoms with Gasteiger partial charge in [-0.05, 0) is 61.9 Å². The molecule has 1 atom stereocenters. The van der Waals surface area contributed by atoms with Gasteiger partial charge in [0.2, 0.25) is 5.91 Å². The smallest absolute Gasteiger partial charge is 0.219 e. The molecule has 28 heavy (non-hydrogen) atoms. The summed E-state index contributed by atoms with van der Waals surface area (Å²) in [6.07, 6.45) is 4.89. The molecule has 0 heterocycles. The number of carbonyl (C=O) groups is 1. The molecule has 0 saturated heterocycles. The number of nitrogens with two attached hydrogens (primary N) is 1. The van der Waals surface area contributed by atoms with Crippen molar-refractivity contribution in [2.24, 2.45) is 5.73 Å². The van der Waals surface area contributed by atoms with Crippen molar-refractivity contribution >= 4 is 5.91 Å². The van der Waals surface area contributed by atoms with Crippen LogP contribution in [0.3, 0.4) is 0 Å². The number of carbonyl (C=O) groups excluding carboxylic acids is 1.